The Balaban J connectivity index is 1.87. The van der Waals surface area contributed by atoms with E-state index in [0.717, 1.165) is 35.3 Å². The first-order valence-electron chi connectivity index (χ1n) is 8.88. The summed E-state index contributed by atoms with van der Waals surface area (Å²) in [5.41, 5.74) is 5.71. The van der Waals surface area contributed by atoms with E-state index in [0.29, 0.717) is 12.3 Å². The van der Waals surface area contributed by atoms with Crippen LogP contribution in [-0.2, 0) is 11.2 Å². The molecule has 0 unspecified atom stereocenters. The van der Waals surface area contributed by atoms with Gasteiger partial charge in [0.1, 0.15) is 0 Å². The first kappa shape index (κ1) is 16.3. The van der Waals surface area contributed by atoms with E-state index in [9.17, 15) is 4.79 Å². The highest BCUT2D eigenvalue weighted by Gasteiger charge is 2.30. The van der Waals surface area contributed by atoms with Crippen molar-refractivity contribution in [2.24, 2.45) is 0 Å². The fourth-order valence-corrected chi connectivity index (χ4v) is 3.41. The van der Waals surface area contributed by atoms with Gasteiger partial charge in [0.2, 0.25) is 0 Å². The summed E-state index contributed by atoms with van der Waals surface area (Å²) in [4.78, 5) is 12.4. The van der Waals surface area contributed by atoms with Crippen LogP contribution in [0.2, 0.25) is 0 Å². The van der Waals surface area contributed by atoms with Gasteiger partial charge in [0.05, 0.1) is 18.0 Å². The van der Waals surface area contributed by atoms with E-state index in [1.165, 1.54) is 5.57 Å². The molecule has 0 spiro atoms. The van der Waals surface area contributed by atoms with Gasteiger partial charge in [-0.05, 0) is 49.1 Å². The van der Waals surface area contributed by atoms with Gasteiger partial charge >= 0.3 is 5.97 Å². The standard InChI is InChI=1S/C22H20N2O2/c1-2-26-22(25)20-19-14-13-17(15-16-9-5-3-6-10-16)21(19)24(23-20)18-11-7-4-8-12-18/h3-12,15H,2,13-14H2,1H3. The maximum absolute atomic E-state index is 12.4. The highest BCUT2D eigenvalue weighted by molar-refractivity contribution is 5.94. The average molecular weight is 344 g/mol. The molecular weight excluding hydrogens is 324 g/mol. The summed E-state index contributed by atoms with van der Waals surface area (Å²) in [6.07, 6.45) is 3.87. The van der Waals surface area contributed by atoms with E-state index >= 15 is 0 Å². The number of hydrogen-bond donors (Lipinski definition) is 0. The molecule has 0 N–H and O–H groups in total. The maximum atomic E-state index is 12.4. The van der Waals surface area contributed by atoms with Crippen LogP contribution >= 0.6 is 0 Å². The molecule has 2 aromatic carbocycles. The van der Waals surface area contributed by atoms with Crippen LogP contribution in [0.4, 0.5) is 0 Å². The summed E-state index contributed by atoms with van der Waals surface area (Å²) in [5.74, 6) is -0.348. The Bertz CT molecular complexity index is 957. The van der Waals surface area contributed by atoms with Crippen LogP contribution in [0.15, 0.2) is 60.7 Å². The Morgan fingerprint density at radius 2 is 1.77 bits per heavy atom. The van der Waals surface area contributed by atoms with Gasteiger partial charge in [0.25, 0.3) is 0 Å². The van der Waals surface area contributed by atoms with Crippen LogP contribution < -0.4 is 0 Å². The summed E-state index contributed by atoms with van der Waals surface area (Å²) in [6, 6.07) is 20.2. The van der Waals surface area contributed by atoms with Gasteiger partial charge < -0.3 is 4.74 Å². The third kappa shape index (κ3) is 2.94. The number of para-hydroxylation sites is 1. The molecule has 0 bridgehead atoms. The molecule has 1 aliphatic carbocycles. The SMILES string of the molecule is CCOC(=O)c1nn(-c2ccccc2)c2c1CCC2=Cc1ccccc1. The molecule has 1 heterocycles. The molecule has 0 fully saturated rings. The minimum Gasteiger partial charge on any atom is -0.461 e. The molecule has 0 saturated heterocycles. The van der Waals surface area contributed by atoms with Crippen molar-refractivity contribution in [3.8, 4) is 5.69 Å². The summed E-state index contributed by atoms with van der Waals surface area (Å²) in [5, 5.41) is 4.61. The number of carbonyl (C=O) groups is 1. The fraction of sp³-hybridized carbons (Fsp3) is 0.182. The predicted octanol–water partition coefficient (Wildman–Crippen LogP) is 4.54. The molecule has 4 heteroatoms. The van der Waals surface area contributed by atoms with Gasteiger partial charge in [-0.3, -0.25) is 0 Å². The Kier molecular flexibility index (Phi) is 4.40. The molecule has 26 heavy (non-hydrogen) atoms. The number of rotatable bonds is 4. The normalized spacial score (nSPS) is 14.4. The monoisotopic (exact) mass is 344 g/mol. The number of nitrogens with zero attached hydrogens (tertiary/aromatic N) is 2. The van der Waals surface area contributed by atoms with Crippen molar-refractivity contribution in [2.75, 3.05) is 6.61 Å². The number of carbonyl (C=O) groups excluding carboxylic acids is 1. The summed E-state index contributed by atoms with van der Waals surface area (Å²) >= 11 is 0. The second kappa shape index (κ2) is 7.00. The van der Waals surface area contributed by atoms with Crippen molar-refractivity contribution in [1.82, 2.24) is 9.78 Å². The smallest absolute Gasteiger partial charge is 0.359 e. The molecular formula is C22H20N2O2. The van der Waals surface area contributed by atoms with Crippen molar-refractivity contribution in [3.05, 3.63) is 83.2 Å². The van der Waals surface area contributed by atoms with Crippen LogP contribution in [-0.4, -0.2) is 22.4 Å². The zero-order valence-corrected chi connectivity index (χ0v) is 14.7. The Hall–Kier alpha value is -3.14. The highest BCUT2D eigenvalue weighted by Crippen LogP contribution is 2.37. The van der Waals surface area contributed by atoms with Gasteiger partial charge in [-0.25, -0.2) is 9.48 Å². The van der Waals surface area contributed by atoms with E-state index < -0.39 is 0 Å². The Labute approximate surface area is 152 Å². The second-order valence-electron chi connectivity index (χ2n) is 6.22. The van der Waals surface area contributed by atoms with E-state index in [1.807, 2.05) is 60.1 Å². The van der Waals surface area contributed by atoms with Gasteiger partial charge in [0, 0.05) is 5.56 Å². The summed E-state index contributed by atoms with van der Waals surface area (Å²) in [7, 11) is 0. The number of esters is 1. The number of hydrogen-bond acceptors (Lipinski definition) is 3. The topological polar surface area (TPSA) is 44.1 Å². The molecule has 3 aromatic rings. The van der Waals surface area contributed by atoms with Gasteiger partial charge in [-0.15, -0.1) is 0 Å². The molecule has 1 aromatic heterocycles. The van der Waals surface area contributed by atoms with Gasteiger partial charge in [-0.2, -0.15) is 5.10 Å². The van der Waals surface area contributed by atoms with Crippen LogP contribution in [0.1, 0.15) is 40.7 Å². The summed E-state index contributed by atoms with van der Waals surface area (Å²) < 4.78 is 7.10. The predicted molar refractivity (Wildman–Crippen MR) is 102 cm³/mol. The molecule has 0 atom stereocenters. The number of allylic oxidation sites excluding steroid dienone is 1. The molecule has 4 nitrogen and oxygen atoms in total. The number of aromatic nitrogens is 2. The van der Waals surface area contributed by atoms with Crippen LogP contribution in [0, 0.1) is 0 Å². The lowest BCUT2D eigenvalue weighted by atomic mass is 10.1. The lowest BCUT2D eigenvalue weighted by Crippen LogP contribution is -2.09. The van der Waals surface area contributed by atoms with Crippen molar-refractivity contribution in [2.45, 2.75) is 19.8 Å². The summed E-state index contributed by atoms with van der Waals surface area (Å²) in [6.45, 7) is 2.16. The zero-order chi connectivity index (χ0) is 17.9. The maximum Gasteiger partial charge on any atom is 0.359 e. The van der Waals surface area contributed by atoms with Crippen LogP contribution in [0.25, 0.3) is 17.3 Å². The highest BCUT2D eigenvalue weighted by atomic mass is 16.5. The fourth-order valence-electron chi connectivity index (χ4n) is 3.41. The lowest BCUT2D eigenvalue weighted by molar-refractivity contribution is 0.0517. The molecule has 0 saturated carbocycles. The van der Waals surface area contributed by atoms with E-state index in [-0.39, 0.29) is 5.97 Å². The largest absolute Gasteiger partial charge is 0.461 e. The number of fused-ring (bicyclic) bond motifs is 1. The van der Waals surface area contributed by atoms with Gasteiger partial charge in [-0.1, -0.05) is 48.5 Å². The van der Waals surface area contributed by atoms with Gasteiger partial charge in [0.15, 0.2) is 5.69 Å². The number of ether oxygens (including phenoxy) is 1. The van der Waals surface area contributed by atoms with E-state index in [4.69, 9.17) is 4.74 Å². The zero-order valence-electron chi connectivity index (χ0n) is 14.7. The van der Waals surface area contributed by atoms with E-state index in [2.05, 4.69) is 23.3 Å². The Morgan fingerprint density at radius 1 is 1.08 bits per heavy atom. The minimum atomic E-state index is -0.348. The molecule has 0 radical (unpaired) electrons. The molecule has 1 aliphatic rings. The van der Waals surface area contributed by atoms with Crippen molar-refractivity contribution in [3.63, 3.8) is 0 Å². The molecule has 0 amide bonds. The lowest BCUT2D eigenvalue weighted by Gasteiger charge is -2.07. The second-order valence-corrected chi connectivity index (χ2v) is 6.22. The van der Waals surface area contributed by atoms with Crippen molar-refractivity contribution in [1.29, 1.82) is 0 Å². The average Bonchev–Trinajstić information content (AvgIpc) is 3.25. The van der Waals surface area contributed by atoms with Crippen LogP contribution in [0.3, 0.4) is 0 Å². The van der Waals surface area contributed by atoms with Crippen molar-refractivity contribution >= 4 is 17.6 Å². The van der Waals surface area contributed by atoms with Crippen LogP contribution in [0.5, 0.6) is 0 Å². The molecule has 4 rings (SSSR count). The molecule has 0 aliphatic heterocycles. The quantitative estimate of drug-likeness (QED) is 0.653. The number of benzene rings is 2. The molecule has 130 valence electrons. The minimum absolute atomic E-state index is 0.346. The third-order valence-electron chi connectivity index (χ3n) is 4.54. The van der Waals surface area contributed by atoms with E-state index in [1.54, 1.807) is 0 Å². The first-order valence-corrected chi connectivity index (χ1v) is 8.88. The first-order chi connectivity index (χ1) is 12.8. The third-order valence-corrected chi connectivity index (χ3v) is 4.54. The van der Waals surface area contributed by atoms with Crippen molar-refractivity contribution < 1.29 is 9.53 Å². The Morgan fingerprint density at radius 3 is 2.46 bits per heavy atom.